The van der Waals surface area contributed by atoms with Crippen molar-refractivity contribution in [2.75, 3.05) is 32.8 Å². The smallest absolute Gasteiger partial charge is 0.243 e. The zero-order valence-corrected chi connectivity index (χ0v) is 19.9. The van der Waals surface area contributed by atoms with Crippen molar-refractivity contribution in [3.8, 4) is 5.75 Å². The lowest BCUT2D eigenvalue weighted by molar-refractivity contribution is 0.309. The molecule has 1 atom stereocenters. The monoisotopic (exact) mass is 468 g/mol. The molecule has 1 aliphatic heterocycles. The summed E-state index contributed by atoms with van der Waals surface area (Å²) in [6.45, 7) is 3.79. The molecular formula is C25H32N4O3S. The quantitative estimate of drug-likeness (QED) is 0.438. The molecule has 2 heterocycles. The average Bonchev–Trinajstić information content (AvgIpc) is 3.49. The molecule has 33 heavy (non-hydrogen) atoms. The molecule has 1 aliphatic rings. The van der Waals surface area contributed by atoms with E-state index >= 15 is 0 Å². The van der Waals surface area contributed by atoms with Gasteiger partial charge in [0.2, 0.25) is 10.0 Å². The Morgan fingerprint density at radius 1 is 1.09 bits per heavy atom. The van der Waals surface area contributed by atoms with Crippen LogP contribution in [0.5, 0.6) is 5.75 Å². The Kier molecular flexibility index (Phi) is 7.80. The first-order valence-corrected chi connectivity index (χ1v) is 13.0. The normalized spacial score (nSPS) is 15.5. The van der Waals surface area contributed by atoms with E-state index in [-0.39, 0.29) is 18.0 Å². The number of hydrogen-bond acceptors (Lipinski definition) is 5. The maximum absolute atomic E-state index is 12.3. The molecule has 3 aromatic rings. The van der Waals surface area contributed by atoms with Crippen LogP contribution in [0.3, 0.4) is 0 Å². The van der Waals surface area contributed by atoms with Crippen LogP contribution in [-0.2, 0) is 23.5 Å². The molecule has 8 heteroatoms. The first-order valence-electron chi connectivity index (χ1n) is 11.5. The number of sulfonamides is 1. The third-order valence-corrected chi connectivity index (χ3v) is 7.40. The van der Waals surface area contributed by atoms with Crippen LogP contribution in [0.1, 0.15) is 29.9 Å². The summed E-state index contributed by atoms with van der Waals surface area (Å²) in [4.78, 5) is 2.70. The van der Waals surface area contributed by atoms with Crippen LogP contribution in [0.15, 0.2) is 71.9 Å². The third-order valence-electron chi connectivity index (χ3n) is 5.99. The third kappa shape index (κ3) is 6.66. The number of likely N-dealkylation sites (tertiary alicyclic amines) is 1. The van der Waals surface area contributed by atoms with E-state index in [1.54, 1.807) is 7.05 Å². The van der Waals surface area contributed by atoms with E-state index in [9.17, 15) is 8.42 Å². The molecule has 4 rings (SSSR count). The number of rotatable bonds is 11. The standard InChI is InChI=1S/C25H32N4O3S/c1-28-20-25(18-26-28)33(30,31)27-12-15-32-24-11-7-10-22(17-24)23(19-29-13-5-6-14-29)16-21-8-3-2-4-9-21/h2-4,7-11,17-18,20,23,27H,5-6,12-16,19H2,1H3. The zero-order chi connectivity index (χ0) is 23.1. The highest BCUT2D eigenvalue weighted by molar-refractivity contribution is 7.89. The van der Waals surface area contributed by atoms with Crippen molar-refractivity contribution in [1.82, 2.24) is 19.4 Å². The molecule has 0 spiro atoms. The largest absolute Gasteiger partial charge is 0.492 e. The molecule has 0 amide bonds. The molecule has 2 aromatic carbocycles. The van der Waals surface area contributed by atoms with Crippen LogP contribution in [0.4, 0.5) is 0 Å². The number of benzene rings is 2. The fraction of sp³-hybridized carbons (Fsp3) is 0.400. The Morgan fingerprint density at radius 2 is 1.88 bits per heavy atom. The van der Waals surface area contributed by atoms with Crippen LogP contribution in [0, 0.1) is 0 Å². The van der Waals surface area contributed by atoms with Gasteiger partial charge in [-0.3, -0.25) is 4.68 Å². The van der Waals surface area contributed by atoms with Gasteiger partial charge in [-0.15, -0.1) is 0 Å². The lowest BCUT2D eigenvalue weighted by Gasteiger charge is -2.24. The molecule has 1 N–H and O–H groups in total. The Hall–Kier alpha value is -2.68. The summed E-state index contributed by atoms with van der Waals surface area (Å²) in [5, 5.41) is 3.91. The number of aromatic nitrogens is 2. The van der Waals surface area contributed by atoms with Gasteiger partial charge >= 0.3 is 0 Å². The summed E-state index contributed by atoms with van der Waals surface area (Å²) in [7, 11) is -1.90. The van der Waals surface area contributed by atoms with Gasteiger partial charge in [0, 0.05) is 32.3 Å². The van der Waals surface area contributed by atoms with Crippen LogP contribution < -0.4 is 9.46 Å². The van der Waals surface area contributed by atoms with Gasteiger partial charge in [-0.25, -0.2) is 13.1 Å². The summed E-state index contributed by atoms with van der Waals surface area (Å²) in [6.07, 6.45) is 6.33. The minimum absolute atomic E-state index is 0.151. The first kappa shape index (κ1) is 23.5. The highest BCUT2D eigenvalue weighted by atomic mass is 32.2. The van der Waals surface area contributed by atoms with Crippen molar-refractivity contribution in [1.29, 1.82) is 0 Å². The van der Waals surface area contributed by atoms with E-state index in [4.69, 9.17) is 4.74 Å². The van der Waals surface area contributed by atoms with E-state index < -0.39 is 10.0 Å². The summed E-state index contributed by atoms with van der Waals surface area (Å²) in [6, 6.07) is 18.8. The number of nitrogens with one attached hydrogen (secondary N) is 1. The number of aryl methyl sites for hydroxylation is 1. The van der Waals surface area contributed by atoms with Gasteiger partial charge in [0.1, 0.15) is 17.3 Å². The maximum Gasteiger partial charge on any atom is 0.243 e. The molecule has 0 aliphatic carbocycles. The SMILES string of the molecule is Cn1cc(S(=O)(=O)NCCOc2cccc(C(Cc3ccccc3)CN3CCCC3)c2)cn1. The van der Waals surface area contributed by atoms with Crippen molar-refractivity contribution >= 4 is 10.0 Å². The summed E-state index contributed by atoms with van der Waals surface area (Å²) in [5.74, 6) is 1.13. The lowest BCUT2D eigenvalue weighted by Crippen LogP contribution is -2.28. The van der Waals surface area contributed by atoms with E-state index in [0.29, 0.717) is 5.92 Å². The summed E-state index contributed by atoms with van der Waals surface area (Å²) >= 11 is 0. The van der Waals surface area contributed by atoms with Crippen molar-refractivity contribution in [3.05, 3.63) is 78.1 Å². The van der Waals surface area contributed by atoms with Gasteiger partial charge in [-0.2, -0.15) is 5.10 Å². The molecule has 1 aromatic heterocycles. The highest BCUT2D eigenvalue weighted by Gasteiger charge is 2.20. The van der Waals surface area contributed by atoms with Gasteiger partial charge in [0.05, 0.1) is 6.20 Å². The Bertz CT molecular complexity index is 1130. The first-order chi connectivity index (χ1) is 16.0. The van der Waals surface area contributed by atoms with Gasteiger partial charge in [0.25, 0.3) is 0 Å². The number of ether oxygens (including phenoxy) is 1. The summed E-state index contributed by atoms with van der Waals surface area (Å²) < 4.78 is 34.5. The molecule has 1 saturated heterocycles. The molecule has 7 nitrogen and oxygen atoms in total. The Balaban J connectivity index is 1.37. The number of nitrogens with zero attached hydrogens (tertiary/aromatic N) is 3. The van der Waals surface area contributed by atoms with Crippen LogP contribution in [-0.4, -0.2) is 55.9 Å². The highest BCUT2D eigenvalue weighted by Crippen LogP contribution is 2.27. The van der Waals surface area contributed by atoms with Crippen molar-refractivity contribution in [2.45, 2.75) is 30.1 Å². The minimum atomic E-state index is -3.58. The second-order valence-corrected chi connectivity index (χ2v) is 10.3. The predicted octanol–water partition coefficient (Wildman–Crippen LogP) is 3.20. The Morgan fingerprint density at radius 3 is 2.61 bits per heavy atom. The maximum atomic E-state index is 12.3. The second-order valence-electron chi connectivity index (χ2n) is 8.56. The summed E-state index contributed by atoms with van der Waals surface area (Å²) in [5.41, 5.74) is 2.58. The molecule has 1 fully saturated rings. The van der Waals surface area contributed by atoms with E-state index in [1.165, 1.54) is 54.1 Å². The van der Waals surface area contributed by atoms with Gasteiger partial charge in [0.15, 0.2) is 0 Å². The topological polar surface area (TPSA) is 76.5 Å². The second kappa shape index (κ2) is 11.0. The Labute approximate surface area is 196 Å². The van der Waals surface area contributed by atoms with Gasteiger partial charge in [-0.05, 0) is 55.6 Å². The fourth-order valence-corrected chi connectivity index (χ4v) is 5.28. The van der Waals surface area contributed by atoms with Crippen LogP contribution in [0.25, 0.3) is 0 Å². The molecule has 1 unspecified atom stereocenters. The van der Waals surface area contributed by atoms with E-state index in [2.05, 4.69) is 57.2 Å². The number of hydrogen-bond donors (Lipinski definition) is 1. The zero-order valence-electron chi connectivity index (χ0n) is 19.1. The van der Waals surface area contributed by atoms with Crippen molar-refractivity contribution < 1.29 is 13.2 Å². The van der Waals surface area contributed by atoms with E-state index in [0.717, 1.165) is 18.7 Å². The van der Waals surface area contributed by atoms with Gasteiger partial charge in [-0.1, -0.05) is 42.5 Å². The average molecular weight is 469 g/mol. The predicted molar refractivity (Wildman–Crippen MR) is 129 cm³/mol. The minimum Gasteiger partial charge on any atom is -0.492 e. The molecular weight excluding hydrogens is 436 g/mol. The molecule has 176 valence electrons. The molecule has 0 radical (unpaired) electrons. The molecule has 0 saturated carbocycles. The fourth-order valence-electron chi connectivity index (χ4n) is 4.29. The van der Waals surface area contributed by atoms with Crippen LogP contribution in [0.2, 0.25) is 0 Å². The lowest BCUT2D eigenvalue weighted by atomic mass is 9.91. The van der Waals surface area contributed by atoms with Crippen molar-refractivity contribution in [2.24, 2.45) is 7.05 Å². The van der Waals surface area contributed by atoms with Crippen LogP contribution >= 0.6 is 0 Å². The van der Waals surface area contributed by atoms with Gasteiger partial charge < -0.3 is 9.64 Å². The van der Waals surface area contributed by atoms with Crippen molar-refractivity contribution in [3.63, 3.8) is 0 Å². The molecule has 0 bridgehead atoms. The van der Waals surface area contributed by atoms with E-state index in [1.807, 2.05) is 12.1 Å².